The van der Waals surface area contributed by atoms with Crippen molar-refractivity contribution in [2.24, 2.45) is 0 Å². The number of rotatable bonds is 1. The van der Waals surface area contributed by atoms with E-state index < -0.39 is 6.17 Å². The van der Waals surface area contributed by atoms with Crippen LogP contribution in [0.2, 0.25) is 0 Å². The maximum atomic E-state index is 12.5. The van der Waals surface area contributed by atoms with Crippen molar-refractivity contribution < 1.29 is 4.39 Å². The Labute approximate surface area is 55.2 Å². The third-order valence-electron chi connectivity index (χ3n) is 1.65. The second kappa shape index (κ2) is 2.85. The van der Waals surface area contributed by atoms with E-state index in [9.17, 15) is 4.39 Å². The molecule has 0 amide bonds. The minimum absolute atomic E-state index is 0.545. The summed E-state index contributed by atoms with van der Waals surface area (Å²) in [7, 11) is 0. The van der Waals surface area contributed by atoms with Crippen molar-refractivity contribution >= 4 is 0 Å². The topological polar surface area (TPSA) is 3.24 Å². The van der Waals surface area contributed by atoms with Gasteiger partial charge in [0.2, 0.25) is 0 Å². The molecule has 1 atom stereocenters. The largest absolute Gasteiger partial charge is 0.375 e. The van der Waals surface area contributed by atoms with E-state index in [0.717, 1.165) is 19.4 Å². The molecule has 0 saturated carbocycles. The molecule has 0 spiro atoms. The lowest BCUT2D eigenvalue weighted by atomic mass is 10.1. The van der Waals surface area contributed by atoms with Crippen LogP contribution in [-0.2, 0) is 0 Å². The Balaban J connectivity index is 2.31. The fraction of sp³-hybridized carbons (Fsp3) is 0.714. The van der Waals surface area contributed by atoms with Crippen molar-refractivity contribution in [3.8, 4) is 0 Å². The monoisotopic (exact) mass is 129 g/mol. The van der Waals surface area contributed by atoms with Crippen molar-refractivity contribution in [2.75, 3.05) is 13.1 Å². The SMILES string of the molecule is C=CN1CCCC(F)C1. The van der Waals surface area contributed by atoms with Crippen LogP contribution in [0.4, 0.5) is 4.39 Å². The predicted octanol–water partition coefficient (Wildman–Crippen LogP) is 1.56. The third-order valence-corrected chi connectivity index (χ3v) is 1.65. The molecule has 1 unspecified atom stereocenters. The van der Waals surface area contributed by atoms with Crippen LogP contribution in [0.25, 0.3) is 0 Å². The average molecular weight is 129 g/mol. The quantitative estimate of drug-likeness (QED) is 0.519. The number of piperidine rings is 1. The van der Waals surface area contributed by atoms with E-state index in [1.807, 2.05) is 4.90 Å². The Morgan fingerprint density at radius 3 is 2.89 bits per heavy atom. The normalized spacial score (nSPS) is 28.1. The first kappa shape index (κ1) is 6.59. The van der Waals surface area contributed by atoms with Gasteiger partial charge in [-0.3, -0.25) is 0 Å². The Bertz CT molecular complexity index is 103. The maximum absolute atomic E-state index is 12.5. The predicted molar refractivity (Wildman–Crippen MR) is 35.9 cm³/mol. The molecule has 1 nitrogen and oxygen atoms in total. The molecule has 0 N–H and O–H groups in total. The van der Waals surface area contributed by atoms with E-state index in [1.54, 1.807) is 6.20 Å². The van der Waals surface area contributed by atoms with Crippen molar-refractivity contribution in [3.05, 3.63) is 12.8 Å². The van der Waals surface area contributed by atoms with Crippen LogP contribution in [0.3, 0.4) is 0 Å². The highest BCUT2D eigenvalue weighted by molar-refractivity contribution is 4.78. The van der Waals surface area contributed by atoms with Gasteiger partial charge >= 0.3 is 0 Å². The summed E-state index contributed by atoms with van der Waals surface area (Å²) in [5.74, 6) is 0. The average Bonchev–Trinajstić information content (AvgIpc) is 1.88. The summed E-state index contributed by atoms with van der Waals surface area (Å²) < 4.78 is 12.5. The van der Waals surface area contributed by atoms with Crippen LogP contribution < -0.4 is 0 Å². The number of nitrogens with zero attached hydrogens (tertiary/aromatic N) is 1. The zero-order valence-electron chi connectivity index (χ0n) is 5.52. The molecule has 1 heterocycles. The molecular formula is C7H12FN. The zero-order valence-corrected chi connectivity index (χ0v) is 5.52. The lowest BCUT2D eigenvalue weighted by molar-refractivity contribution is 0.180. The van der Waals surface area contributed by atoms with Crippen LogP contribution >= 0.6 is 0 Å². The van der Waals surface area contributed by atoms with Gasteiger partial charge in [0, 0.05) is 13.1 Å². The van der Waals surface area contributed by atoms with Gasteiger partial charge in [-0.05, 0) is 19.0 Å². The van der Waals surface area contributed by atoms with E-state index in [1.165, 1.54) is 0 Å². The summed E-state index contributed by atoms with van der Waals surface area (Å²) in [6.45, 7) is 5.10. The maximum Gasteiger partial charge on any atom is 0.118 e. The van der Waals surface area contributed by atoms with Gasteiger partial charge in [-0.1, -0.05) is 6.58 Å². The Hall–Kier alpha value is -0.530. The molecule has 0 aliphatic carbocycles. The van der Waals surface area contributed by atoms with Crippen LogP contribution in [-0.4, -0.2) is 24.2 Å². The van der Waals surface area contributed by atoms with Gasteiger partial charge in [-0.25, -0.2) is 4.39 Å². The molecule has 1 saturated heterocycles. The van der Waals surface area contributed by atoms with Gasteiger partial charge in [-0.15, -0.1) is 0 Å². The molecule has 1 fully saturated rings. The third kappa shape index (κ3) is 1.70. The molecule has 1 rings (SSSR count). The molecule has 0 radical (unpaired) electrons. The smallest absolute Gasteiger partial charge is 0.118 e. The highest BCUT2D eigenvalue weighted by atomic mass is 19.1. The van der Waals surface area contributed by atoms with Crippen molar-refractivity contribution in [1.29, 1.82) is 0 Å². The molecule has 0 aromatic heterocycles. The molecule has 1 aliphatic heterocycles. The number of hydrogen-bond acceptors (Lipinski definition) is 1. The van der Waals surface area contributed by atoms with E-state index in [-0.39, 0.29) is 0 Å². The Morgan fingerprint density at radius 2 is 2.44 bits per heavy atom. The van der Waals surface area contributed by atoms with Crippen LogP contribution in [0.5, 0.6) is 0 Å². The molecule has 0 aromatic rings. The lowest BCUT2D eigenvalue weighted by Crippen LogP contribution is -2.31. The highest BCUT2D eigenvalue weighted by Crippen LogP contribution is 2.11. The van der Waals surface area contributed by atoms with Gasteiger partial charge in [0.1, 0.15) is 6.17 Å². The van der Waals surface area contributed by atoms with Gasteiger partial charge in [0.15, 0.2) is 0 Å². The van der Waals surface area contributed by atoms with Crippen molar-refractivity contribution in [2.45, 2.75) is 19.0 Å². The molecular weight excluding hydrogens is 117 g/mol. The summed E-state index contributed by atoms with van der Waals surface area (Å²) in [5.41, 5.74) is 0. The Kier molecular flexibility index (Phi) is 2.09. The highest BCUT2D eigenvalue weighted by Gasteiger charge is 2.15. The summed E-state index contributed by atoms with van der Waals surface area (Å²) in [6, 6.07) is 0. The van der Waals surface area contributed by atoms with E-state index in [0.29, 0.717) is 6.54 Å². The standard InChI is InChI=1S/C7H12FN/c1-2-9-5-3-4-7(8)6-9/h2,7H,1,3-6H2. The van der Waals surface area contributed by atoms with E-state index in [4.69, 9.17) is 0 Å². The van der Waals surface area contributed by atoms with E-state index in [2.05, 4.69) is 6.58 Å². The first-order valence-electron chi connectivity index (χ1n) is 3.33. The molecule has 52 valence electrons. The molecule has 1 aliphatic rings. The molecule has 0 bridgehead atoms. The van der Waals surface area contributed by atoms with Crippen LogP contribution in [0.15, 0.2) is 12.8 Å². The number of alkyl halides is 1. The van der Waals surface area contributed by atoms with Gasteiger partial charge < -0.3 is 4.90 Å². The second-order valence-electron chi connectivity index (χ2n) is 2.42. The summed E-state index contributed by atoms with van der Waals surface area (Å²) >= 11 is 0. The lowest BCUT2D eigenvalue weighted by Gasteiger charge is -2.26. The summed E-state index contributed by atoms with van der Waals surface area (Å²) in [4.78, 5) is 1.92. The van der Waals surface area contributed by atoms with Crippen LogP contribution in [0.1, 0.15) is 12.8 Å². The van der Waals surface area contributed by atoms with Crippen molar-refractivity contribution in [3.63, 3.8) is 0 Å². The first-order valence-corrected chi connectivity index (χ1v) is 3.33. The minimum atomic E-state index is -0.628. The molecule has 0 aromatic carbocycles. The van der Waals surface area contributed by atoms with Crippen LogP contribution in [0, 0.1) is 0 Å². The fourth-order valence-corrected chi connectivity index (χ4v) is 1.12. The van der Waals surface area contributed by atoms with E-state index >= 15 is 0 Å². The molecule has 2 heteroatoms. The first-order chi connectivity index (χ1) is 4.33. The van der Waals surface area contributed by atoms with Gasteiger partial charge in [0.25, 0.3) is 0 Å². The van der Waals surface area contributed by atoms with Gasteiger partial charge in [-0.2, -0.15) is 0 Å². The Morgan fingerprint density at radius 1 is 1.67 bits per heavy atom. The van der Waals surface area contributed by atoms with Crippen molar-refractivity contribution in [1.82, 2.24) is 4.90 Å². The number of hydrogen-bond donors (Lipinski definition) is 0. The summed E-state index contributed by atoms with van der Waals surface area (Å²) in [6.07, 6.45) is 2.78. The number of halogens is 1. The van der Waals surface area contributed by atoms with Gasteiger partial charge in [0.05, 0.1) is 0 Å². The molecule has 9 heavy (non-hydrogen) atoms. The fourth-order valence-electron chi connectivity index (χ4n) is 1.12. The minimum Gasteiger partial charge on any atom is -0.375 e. The zero-order chi connectivity index (χ0) is 6.69. The number of likely N-dealkylation sites (tertiary alicyclic amines) is 1. The second-order valence-corrected chi connectivity index (χ2v) is 2.42. The summed E-state index contributed by atoms with van der Waals surface area (Å²) in [5, 5.41) is 0.